The first-order valence-electron chi connectivity index (χ1n) is 8.41. The Bertz CT molecular complexity index is 692. The third-order valence-corrected chi connectivity index (χ3v) is 4.18. The number of nitrogens with zero attached hydrogens (tertiary/aromatic N) is 1. The lowest BCUT2D eigenvalue weighted by Crippen LogP contribution is -2.46. The van der Waals surface area contributed by atoms with Gasteiger partial charge in [0.1, 0.15) is 11.3 Å². The van der Waals surface area contributed by atoms with Crippen LogP contribution in [0.3, 0.4) is 0 Å². The summed E-state index contributed by atoms with van der Waals surface area (Å²) in [5.74, 6) is 1.03. The van der Waals surface area contributed by atoms with E-state index >= 15 is 0 Å². The Morgan fingerprint density at radius 1 is 1.38 bits per heavy atom. The molecule has 0 aliphatic carbocycles. The molecular formula is C18H23N3O3. The summed E-state index contributed by atoms with van der Waals surface area (Å²) < 4.78 is 5.72. The molecule has 24 heavy (non-hydrogen) atoms. The standard InChI is InChI=1S/C18H23N3O3/c1-13(12-21-10-4-7-17(21)22)20-18(23)19-9-8-15-11-14-5-2-3-6-16(14)24-15/h2-3,5-6,11,13H,4,7-10,12H2,1H3,(H2,19,20,23)/t13-/m1/s1. The topological polar surface area (TPSA) is 74.6 Å². The van der Waals surface area contributed by atoms with Crippen LogP contribution in [-0.4, -0.2) is 42.5 Å². The predicted molar refractivity (Wildman–Crippen MR) is 91.7 cm³/mol. The van der Waals surface area contributed by atoms with Crippen LogP contribution in [0.4, 0.5) is 4.79 Å². The fourth-order valence-corrected chi connectivity index (χ4v) is 3.01. The molecule has 1 fully saturated rings. The molecule has 1 aliphatic heterocycles. The first-order valence-corrected chi connectivity index (χ1v) is 8.41. The Balaban J connectivity index is 1.39. The Kier molecular flexibility index (Phi) is 5.03. The summed E-state index contributed by atoms with van der Waals surface area (Å²) in [6.07, 6.45) is 2.17. The lowest BCUT2D eigenvalue weighted by molar-refractivity contribution is -0.127. The smallest absolute Gasteiger partial charge is 0.315 e. The highest BCUT2D eigenvalue weighted by atomic mass is 16.3. The average Bonchev–Trinajstić information content (AvgIpc) is 3.13. The maximum atomic E-state index is 11.9. The summed E-state index contributed by atoms with van der Waals surface area (Å²) in [5.41, 5.74) is 0.862. The molecule has 1 aliphatic rings. The van der Waals surface area contributed by atoms with Crippen LogP contribution in [0.25, 0.3) is 11.0 Å². The number of furan rings is 1. The minimum atomic E-state index is -0.217. The van der Waals surface area contributed by atoms with E-state index in [0.717, 1.165) is 29.7 Å². The zero-order valence-corrected chi connectivity index (χ0v) is 13.9. The van der Waals surface area contributed by atoms with Crippen molar-refractivity contribution in [1.82, 2.24) is 15.5 Å². The Hall–Kier alpha value is -2.50. The van der Waals surface area contributed by atoms with Gasteiger partial charge in [-0.1, -0.05) is 18.2 Å². The number of benzene rings is 1. The monoisotopic (exact) mass is 329 g/mol. The van der Waals surface area contributed by atoms with Gasteiger partial charge in [0.25, 0.3) is 0 Å². The lowest BCUT2D eigenvalue weighted by Gasteiger charge is -2.21. The average molecular weight is 329 g/mol. The number of fused-ring (bicyclic) bond motifs is 1. The summed E-state index contributed by atoms with van der Waals surface area (Å²) in [6, 6.07) is 9.55. The molecule has 2 aromatic rings. The first-order chi connectivity index (χ1) is 11.6. The van der Waals surface area contributed by atoms with Gasteiger partial charge in [-0.05, 0) is 25.5 Å². The van der Waals surface area contributed by atoms with E-state index in [1.54, 1.807) is 4.90 Å². The van der Waals surface area contributed by atoms with E-state index in [4.69, 9.17) is 4.42 Å². The predicted octanol–water partition coefficient (Wildman–Crippen LogP) is 2.29. The molecule has 6 heteroatoms. The molecule has 1 aromatic heterocycles. The van der Waals surface area contributed by atoms with Gasteiger partial charge < -0.3 is 20.0 Å². The fraction of sp³-hybridized carbons (Fsp3) is 0.444. The third-order valence-electron chi connectivity index (χ3n) is 4.18. The molecule has 128 valence electrons. The van der Waals surface area contributed by atoms with Crippen LogP contribution in [-0.2, 0) is 11.2 Å². The number of carbonyl (C=O) groups is 2. The molecule has 2 heterocycles. The molecular weight excluding hydrogens is 306 g/mol. The number of nitrogens with one attached hydrogen (secondary N) is 2. The quantitative estimate of drug-likeness (QED) is 0.854. The van der Waals surface area contributed by atoms with Crippen molar-refractivity contribution in [3.63, 3.8) is 0 Å². The van der Waals surface area contributed by atoms with Gasteiger partial charge in [-0.2, -0.15) is 0 Å². The van der Waals surface area contributed by atoms with E-state index in [1.165, 1.54) is 0 Å². The molecule has 0 spiro atoms. The maximum absolute atomic E-state index is 11.9. The number of rotatable bonds is 6. The molecule has 1 atom stereocenters. The molecule has 0 bridgehead atoms. The number of hydrogen-bond acceptors (Lipinski definition) is 3. The highest BCUT2D eigenvalue weighted by Gasteiger charge is 2.22. The van der Waals surface area contributed by atoms with E-state index in [-0.39, 0.29) is 18.0 Å². The number of likely N-dealkylation sites (tertiary alicyclic amines) is 1. The summed E-state index contributed by atoms with van der Waals surface area (Å²) in [7, 11) is 0. The third kappa shape index (κ3) is 4.07. The summed E-state index contributed by atoms with van der Waals surface area (Å²) in [6.45, 7) is 3.76. The van der Waals surface area contributed by atoms with E-state index in [9.17, 15) is 9.59 Å². The summed E-state index contributed by atoms with van der Waals surface area (Å²) in [5, 5.41) is 6.76. The number of urea groups is 1. The first kappa shape index (κ1) is 16.4. The number of amides is 3. The normalized spacial score (nSPS) is 15.7. The SMILES string of the molecule is C[C@H](CN1CCCC1=O)NC(=O)NCCc1cc2ccccc2o1. The second kappa shape index (κ2) is 7.38. The van der Waals surface area contributed by atoms with Crippen LogP contribution in [0.5, 0.6) is 0 Å². The van der Waals surface area contributed by atoms with Gasteiger partial charge in [0.2, 0.25) is 5.91 Å². The summed E-state index contributed by atoms with van der Waals surface area (Å²) >= 11 is 0. The van der Waals surface area contributed by atoms with Crippen molar-refractivity contribution in [1.29, 1.82) is 0 Å². The molecule has 0 saturated carbocycles. The van der Waals surface area contributed by atoms with Gasteiger partial charge in [0.05, 0.1) is 0 Å². The van der Waals surface area contributed by atoms with Crippen molar-refractivity contribution in [2.75, 3.05) is 19.6 Å². The minimum Gasteiger partial charge on any atom is -0.461 e. The second-order valence-corrected chi connectivity index (χ2v) is 6.25. The highest BCUT2D eigenvalue weighted by molar-refractivity contribution is 5.79. The van der Waals surface area contributed by atoms with Gasteiger partial charge >= 0.3 is 6.03 Å². The molecule has 6 nitrogen and oxygen atoms in total. The van der Waals surface area contributed by atoms with Crippen molar-refractivity contribution < 1.29 is 14.0 Å². The van der Waals surface area contributed by atoms with Crippen LogP contribution < -0.4 is 10.6 Å². The van der Waals surface area contributed by atoms with Gasteiger partial charge in [-0.15, -0.1) is 0 Å². The van der Waals surface area contributed by atoms with Crippen LogP contribution in [0.1, 0.15) is 25.5 Å². The zero-order valence-electron chi connectivity index (χ0n) is 13.9. The van der Waals surface area contributed by atoms with Gasteiger partial charge in [0.15, 0.2) is 0 Å². The van der Waals surface area contributed by atoms with E-state index < -0.39 is 0 Å². The maximum Gasteiger partial charge on any atom is 0.315 e. The van der Waals surface area contributed by atoms with Crippen molar-refractivity contribution in [2.45, 2.75) is 32.2 Å². The van der Waals surface area contributed by atoms with Crippen molar-refractivity contribution in [3.8, 4) is 0 Å². The van der Waals surface area contributed by atoms with Crippen molar-refractivity contribution in [2.24, 2.45) is 0 Å². The molecule has 3 amide bonds. The van der Waals surface area contributed by atoms with Crippen LogP contribution in [0.2, 0.25) is 0 Å². The van der Waals surface area contributed by atoms with E-state index in [2.05, 4.69) is 10.6 Å². The van der Waals surface area contributed by atoms with Crippen LogP contribution in [0.15, 0.2) is 34.7 Å². The number of carbonyl (C=O) groups excluding carboxylic acids is 2. The van der Waals surface area contributed by atoms with Gasteiger partial charge in [0, 0.05) is 43.9 Å². The molecule has 1 aromatic carbocycles. The van der Waals surface area contributed by atoms with E-state index in [0.29, 0.717) is 25.9 Å². The number of para-hydroxylation sites is 1. The van der Waals surface area contributed by atoms with Crippen molar-refractivity contribution in [3.05, 3.63) is 36.1 Å². The molecule has 0 unspecified atom stereocenters. The highest BCUT2D eigenvalue weighted by Crippen LogP contribution is 2.18. The fourth-order valence-electron chi connectivity index (χ4n) is 3.01. The van der Waals surface area contributed by atoms with Crippen molar-refractivity contribution >= 4 is 22.9 Å². The Labute approximate surface area is 141 Å². The largest absolute Gasteiger partial charge is 0.461 e. The summed E-state index contributed by atoms with van der Waals surface area (Å²) in [4.78, 5) is 25.3. The van der Waals surface area contributed by atoms with E-state index in [1.807, 2.05) is 37.3 Å². The van der Waals surface area contributed by atoms with Crippen LogP contribution in [0, 0.1) is 0 Å². The molecule has 2 N–H and O–H groups in total. The zero-order chi connectivity index (χ0) is 16.9. The molecule has 0 radical (unpaired) electrons. The van der Waals surface area contributed by atoms with Gasteiger partial charge in [-0.25, -0.2) is 4.79 Å². The number of hydrogen-bond donors (Lipinski definition) is 2. The Morgan fingerprint density at radius 3 is 2.96 bits per heavy atom. The molecule has 3 rings (SSSR count). The Morgan fingerprint density at radius 2 is 2.21 bits per heavy atom. The lowest BCUT2D eigenvalue weighted by atomic mass is 10.2. The van der Waals surface area contributed by atoms with Gasteiger partial charge in [-0.3, -0.25) is 4.79 Å². The molecule has 1 saturated heterocycles. The second-order valence-electron chi connectivity index (χ2n) is 6.25. The van der Waals surface area contributed by atoms with Crippen LogP contribution >= 0.6 is 0 Å². The minimum absolute atomic E-state index is 0.0711.